The molecule has 2 heterocycles. The maximum Gasteiger partial charge on any atom is 0.360 e. The molecule has 10 heteroatoms. The number of anilines is 1. The third kappa shape index (κ3) is 4.21. The second-order valence-electron chi connectivity index (χ2n) is 5.11. The van der Waals surface area contributed by atoms with Gasteiger partial charge < -0.3 is 15.5 Å². The van der Waals surface area contributed by atoms with Crippen LogP contribution in [0.1, 0.15) is 12.8 Å². The van der Waals surface area contributed by atoms with Gasteiger partial charge in [0.15, 0.2) is 17.3 Å². The Morgan fingerprint density at radius 1 is 1.46 bits per heavy atom. The number of nitrogens with two attached hydrogens (primary N) is 1. The lowest BCUT2D eigenvalue weighted by Crippen LogP contribution is -2.40. The quantitative estimate of drug-likeness (QED) is 0.388. The Morgan fingerprint density at radius 2 is 2.12 bits per heavy atom. The summed E-state index contributed by atoms with van der Waals surface area (Å²) >= 11 is 0. The van der Waals surface area contributed by atoms with E-state index < -0.39 is 17.7 Å². The summed E-state index contributed by atoms with van der Waals surface area (Å²) < 4.78 is 44.9. The van der Waals surface area contributed by atoms with E-state index in [2.05, 4.69) is 19.8 Å². The molecular weight excluding hydrogens is 327 g/mol. The molecule has 0 spiro atoms. The molecule has 0 aromatic carbocycles. The van der Waals surface area contributed by atoms with Gasteiger partial charge in [-0.3, -0.25) is 4.99 Å². The summed E-state index contributed by atoms with van der Waals surface area (Å²) in [6.07, 6.45) is 1.59. The van der Waals surface area contributed by atoms with Crippen LogP contribution in [-0.4, -0.2) is 49.0 Å². The van der Waals surface area contributed by atoms with Crippen molar-refractivity contribution in [2.24, 2.45) is 15.9 Å². The first-order chi connectivity index (χ1) is 11.4. The van der Waals surface area contributed by atoms with E-state index in [1.165, 1.54) is 11.1 Å². The highest BCUT2D eigenvalue weighted by Gasteiger charge is 2.35. The van der Waals surface area contributed by atoms with Crippen LogP contribution in [0.3, 0.4) is 0 Å². The fraction of sp³-hybridized carbons (Fsp3) is 0.429. The normalized spacial score (nSPS) is 18.0. The van der Waals surface area contributed by atoms with Crippen LogP contribution in [0.2, 0.25) is 0 Å². The number of methoxy groups -OCH3 is 1. The van der Waals surface area contributed by atoms with Crippen molar-refractivity contribution in [3.05, 3.63) is 18.1 Å². The van der Waals surface area contributed by atoms with E-state index in [1.54, 1.807) is 0 Å². The minimum absolute atomic E-state index is 0.00914. The number of aromatic nitrogens is 1. The molecular formula is C14H16F3N5O2. The molecule has 0 unspecified atom stereocenters. The topological polar surface area (TPSA) is 93.2 Å². The van der Waals surface area contributed by atoms with Gasteiger partial charge in [0.05, 0.1) is 25.2 Å². The van der Waals surface area contributed by atoms with Gasteiger partial charge in [0, 0.05) is 32.0 Å². The lowest BCUT2D eigenvalue weighted by Gasteiger charge is -2.32. The van der Waals surface area contributed by atoms with E-state index >= 15 is 0 Å². The van der Waals surface area contributed by atoms with Gasteiger partial charge in [0.1, 0.15) is 0 Å². The highest BCUT2D eigenvalue weighted by molar-refractivity contribution is 6.59. The number of carbonyl (C=O) groups is 1. The van der Waals surface area contributed by atoms with E-state index in [-0.39, 0.29) is 43.1 Å². The molecule has 1 aromatic heterocycles. The maximum atomic E-state index is 14.1. The van der Waals surface area contributed by atoms with Crippen LogP contribution in [0.15, 0.2) is 22.4 Å². The van der Waals surface area contributed by atoms with Crippen molar-refractivity contribution >= 4 is 29.4 Å². The Bertz CT molecular complexity index is 668. The number of nitrogens with zero attached hydrogens (tertiary/aromatic N) is 4. The molecule has 24 heavy (non-hydrogen) atoms. The summed E-state index contributed by atoms with van der Waals surface area (Å²) in [7, 11) is 1.15. The van der Waals surface area contributed by atoms with Gasteiger partial charge in [-0.2, -0.15) is 5.10 Å². The Hall–Kier alpha value is -2.65. The first kappa shape index (κ1) is 17.7. The highest BCUT2D eigenvalue weighted by atomic mass is 19.3. The largest absolute Gasteiger partial charge is 0.464 e. The third-order valence-electron chi connectivity index (χ3n) is 3.47. The molecule has 0 atom stereocenters. The molecule has 0 bridgehead atoms. The van der Waals surface area contributed by atoms with Crippen molar-refractivity contribution < 1.29 is 22.7 Å². The smallest absolute Gasteiger partial charge is 0.360 e. The summed E-state index contributed by atoms with van der Waals surface area (Å²) in [5.74, 6) is 0.810. The van der Waals surface area contributed by atoms with Crippen LogP contribution >= 0.6 is 0 Å². The van der Waals surface area contributed by atoms with E-state index in [9.17, 15) is 18.0 Å². The number of hydrogen-bond donors (Lipinski definition) is 1. The molecule has 1 aliphatic rings. The molecule has 0 aliphatic carbocycles. The van der Waals surface area contributed by atoms with Crippen molar-refractivity contribution in [1.82, 2.24) is 4.98 Å². The molecule has 0 saturated carbocycles. The molecule has 2 rings (SSSR count). The summed E-state index contributed by atoms with van der Waals surface area (Å²) in [5, 5.41) is 3.20. The van der Waals surface area contributed by atoms with Crippen molar-refractivity contribution in [2.75, 3.05) is 25.1 Å². The van der Waals surface area contributed by atoms with Gasteiger partial charge in [-0.05, 0) is 0 Å². The molecule has 7 nitrogen and oxygen atoms in total. The maximum absolute atomic E-state index is 14.1. The summed E-state index contributed by atoms with van der Waals surface area (Å²) in [4.78, 5) is 20.5. The van der Waals surface area contributed by atoms with Gasteiger partial charge >= 0.3 is 5.97 Å². The van der Waals surface area contributed by atoms with Gasteiger partial charge in [0.25, 0.3) is 5.92 Å². The predicted molar refractivity (Wildman–Crippen MR) is 82.4 cm³/mol. The summed E-state index contributed by atoms with van der Waals surface area (Å²) in [5.41, 5.74) is -0.135. The van der Waals surface area contributed by atoms with Crippen molar-refractivity contribution in [2.45, 2.75) is 18.8 Å². The van der Waals surface area contributed by atoms with E-state index in [1.807, 2.05) is 0 Å². The summed E-state index contributed by atoms with van der Waals surface area (Å²) in [6.45, 7) is 0.0394. The van der Waals surface area contributed by atoms with Crippen LogP contribution < -0.4 is 10.7 Å². The molecule has 1 aromatic rings. The highest BCUT2D eigenvalue weighted by Crippen LogP contribution is 2.31. The minimum Gasteiger partial charge on any atom is -0.464 e. The lowest BCUT2D eigenvalue weighted by atomic mass is 10.1. The van der Waals surface area contributed by atoms with Crippen molar-refractivity contribution in [3.8, 4) is 0 Å². The summed E-state index contributed by atoms with van der Waals surface area (Å²) in [6, 6.07) is 1.08. The van der Waals surface area contributed by atoms with Crippen molar-refractivity contribution in [1.29, 1.82) is 0 Å². The number of alkyl halides is 2. The fourth-order valence-corrected chi connectivity index (χ4v) is 2.15. The van der Waals surface area contributed by atoms with Gasteiger partial charge in [0.2, 0.25) is 0 Å². The van der Waals surface area contributed by atoms with Crippen LogP contribution in [0.5, 0.6) is 0 Å². The van der Waals surface area contributed by atoms with Gasteiger partial charge in [-0.25, -0.2) is 22.9 Å². The molecule has 2 N–H and O–H groups in total. The first-order valence-electron chi connectivity index (χ1n) is 7.05. The zero-order chi connectivity index (χ0) is 17.7. The average molecular weight is 343 g/mol. The number of halogens is 3. The minimum atomic E-state index is -2.72. The Morgan fingerprint density at radius 3 is 2.67 bits per heavy atom. The lowest BCUT2D eigenvalue weighted by molar-refractivity contribution is -0.132. The monoisotopic (exact) mass is 343 g/mol. The number of hydrogen-bond acceptors (Lipinski definition) is 7. The molecule has 0 amide bonds. The molecule has 1 saturated heterocycles. The SMILES string of the molecule is COC(=O)/C(C=Nc1cnc(N2CCC(F)(F)CC2)c(F)c1)=N/N. The number of ether oxygens (including phenoxy) is 1. The Labute approximate surface area is 136 Å². The number of rotatable bonds is 4. The van der Waals surface area contributed by atoms with Crippen LogP contribution in [-0.2, 0) is 9.53 Å². The fourth-order valence-electron chi connectivity index (χ4n) is 2.15. The zero-order valence-electron chi connectivity index (χ0n) is 12.9. The Kier molecular flexibility index (Phi) is 5.37. The number of pyridine rings is 1. The molecule has 1 fully saturated rings. The van der Waals surface area contributed by atoms with Crippen LogP contribution in [0.25, 0.3) is 0 Å². The number of hydrazone groups is 1. The second-order valence-corrected chi connectivity index (χ2v) is 5.11. The van der Waals surface area contributed by atoms with Crippen LogP contribution in [0, 0.1) is 5.82 Å². The van der Waals surface area contributed by atoms with Crippen LogP contribution in [0.4, 0.5) is 24.7 Å². The number of aliphatic imine (C=N–C) groups is 1. The number of esters is 1. The average Bonchev–Trinajstić information content (AvgIpc) is 2.55. The third-order valence-corrected chi connectivity index (χ3v) is 3.47. The number of piperidine rings is 1. The second kappa shape index (κ2) is 7.28. The standard InChI is InChI=1S/C14H16F3N5O2/c1-24-13(23)11(21-18)8-19-9-6-10(15)12(20-7-9)22-4-2-14(16,17)3-5-22/h6-8H,2-5,18H2,1H3/b19-8?,21-11+. The van der Waals surface area contributed by atoms with E-state index in [0.717, 1.165) is 19.4 Å². The van der Waals surface area contributed by atoms with Gasteiger partial charge in [-0.15, -0.1) is 0 Å². The van der Waals surface area contributed by atoms with E-state index in [4.69, 9.17) is 5.84 Å². The zero-order valence-corrected chi connectivity index (χ0v) is 12.9. The van der Waals surface area contributed by atoms with E-state index in [0.29, 0.717) is 0 Å². The Balaban J connectivity index is 2.11. The molecule has 1 aliphatic heterocycles. The number of carbonyl (C=O) groups excluding carboxylic acids is 1. The first-order valence-corrected chi connectivity index (χ1v) is 7.05. The predicted octanol–water partition coefficient (Wildman–Crippen LogP) is 1.65. The molecule has 130 valence electrons. The van der Waals surface area contributed by atoms with Crippen molar-refractivity contribution in [3.63, 3.8) is 0 Å². The molecule has 0 radical (unpaired) electrons. The van der Waals surface area contributed by atoms with Gasteiger partial charge in [-0.1, -0.05) is 0 Å².